The van der Waals surface area contributed by atoms with E-state index in [1.165, 1.54) is 18.4 Å². The lowest BCUT2D eigenvalue weighted by molar-refractivity contribution is 0.893. The molecule has 0 aliphatic carbocycles. The Morgan fingerprint density at radius 2 is 2.29 bits per heavy atom. The fourth-order valence-electron chi connectivity index (χ4n) is 1.20. The van der Waals surface area contributed by atoms with Crippen LogP contribution in [0.3, 0.4) is 0 Å². The molecule has 0 radical (unpaired) electrons. The van der Waals surface area contributed by atoms with Gasteiger partial charge < -0.3 is 5.73 Å². The molecule has 0 fully saturated rings. The average molecular weight is 210 g/mol. The van der Waals surface area contributed by atoms with Crippen molar-refractivity contribution in [3.63, 3.8) is 0 Å². The Hall–Kier alpha value is -0.540. The number of hydrogen-bond donors (Lipinski definition) is 1. The van der Waals surface area contributed by atoms with Crippen LogP contribution < -0.4 is 5.73 Å². The van der Waals surface area contributed by atoms with Gasteiger partial charge in [-0.3, -0.25) is 0 Å². The molecule has 14 heavy (non-hydrogen) atoms. The van der Waals surface area contributed by atoms with Gasteiger partial charge in [-0.25, -0.2) is 4.98 Å². The standard InChI is InChI=1S/C11H18N2S/c1-3-4-5-14-11-9(2)6-10(7-12)8-13-11/h6,8H,3-5,7,12H2,1-2H3. The van der Waals surface area contributed by atoms with E-state index in [1.54, 1.807) is 0 Å². The predicted molar refractivity (Wildman–Crippen MR) is 62.5 cm³/mol. The molecular formula is C11H18N2S. The lowest BCUT2D eigenvalue weighted by Crippen LogP contribution is -1.98. The van der Waals surface area contributed by atoms with Crippen LogP contribution in [0.4, 0.5) is 0 Å². The second-order valence-electron chi connectivity index (χ2n) is 3.37. The van der Waals surface area contributed by atoms with Crippen molar-refractivity contribution in [2.45, 2.75) is 38.3 Å². The molecule has 1 rings (SSSR count). The molecule has 1 aromatic heterocycles. The highest BCUT2D eigenvalue weighted by Gasteiger charge is 2.01. The quantitative estimate of drug-likeness (QED) is 0.600. The zero-order valence-corrected chi connectivity index (χ0v) is 9.73. The molecule has 0 spiro atoms. The minimum Gasteiger partial charge on any atom is -0.326 e. The van der Waals surface area contributed by atoms with Crippen LogP contribution in [0, 0.1) is 6.92 Å². The molecule has 0 aromatic carbocycles. The minimum atomic E-state index is 0.577. The van der Waals surface area contributed by atoms with Gasteiger partial charge in [-0.05, 0) is 30.2 Å². The fourth-order valence-corrected chi connectivity index (χ4v) is 2.24. The largest absolute Gasteiger partial charge is 0.326 e. The fraction of sp³-hybridized carbons (Fsp3) is 0.545. The van der Waals surface area contributed by atoms with Crippen molar-refractivity contribution in [2.24, 2.45) is 5.73 Å². The molecule has 2 nitrogen and oxygen atoms in total. The zero-order valence-electron chi connectivity index (χ0n) is 8.92. The predicted octanol–water partition coefficient (Wildman–Crippen LogP) is 2.74. The normalized spacial score (nSPS) is 10.5. The highest BCUT2D eigenvalue weighted by atomic mass is 32.2. The number of pyridine rings is 1. The third kappa shape index (κ3) is 3.31. The van der Waals surface area contributed by atoms with Crippen LogP contribution in [0.2, 0.25) is 0 Å². The van der Waals surface area contributed by atoms with Gasteiger partial charge in [0.05, 0.1) is 5.03 Å². The Morgan fingerprint density at radius 1 is 1.50 bits per heavy atom. The Labute approximate surface area is 90.3 Å². The maximum Gasteiger partial charge on any atom is 0.0989 e. The molecule has 0 aliphatic rings. The van der Waals surface area contributed by atoms with Crippen molar-refractivity contribution >= 4 is 11.8 Å². The monoisotopic (exact) mass is 210 g/mol. The highest BCUT2D eigenvalue weighted by molar-refractivity contribution is 7.99. The number of aryl methyl sites for hydroxylation is 1. The average Bonchev–Trinajstić information content (AvgIpc) is 2.20. The van der Waals surface area contributed by atoms with E-state index in [0.717, 1.165) is 16.3 Å². The van der Waals surface area contributed by atoms with Crippen molar-refractivity contribution in [3.8, 4) is 0 Å². The van der Waals surface area contributed by atoms with Gasteiger partial charge in [0.25, 0.3) is 0 Å². The first kappa shape index (κ1) is 11.5. The first-order valence-electron chi connectivity index (χ1n) is 5.06. The van der Waals surface area contributed by atoms with Gasteiger partial charge in [0, 0.05) is 12.7 Å². The number of nitrogens with zero attached hydrogens (tertiary/aromatic N) is 1. The summed E-state index contributed by atoms with van der Waals surface area (Å²) >= 11 is 1.84. The third-order valence-electron chi connectivity index (χ3n) is 2.06. The van der Waals surface area contributed by atoms with Crippen LogP contribution in [0.15, 0.2) is 17.3 Å². The molecule has 1 heterocycles. The van der Waals surface area contributed by atoms with Gasteiger partial charge in [0.15, 0.2) is 0 Å². The van der Waals surface area contributed by atoms with Crippen LogP contribution in [-0.4, -0.2) is 10.7 Å². The van der Waals surface area contributed by atoms with E-state index in [4.69, 9.17) is 5.73 Å². The van der Waals surface area contributed by atoms with Crippen LogP contribution in [0.1, 0.15) is 30.9 Å². The number of rotatable bonds is 5. The van der Waals surface area contributed by atoms with E-state index in [1.807, 2.05) is 18.0 Å². The minimum absolute atomic E-state index is 0.577. The van der Waals surface area contributed by atoms with E-state index in [0.29, 0.717) is 6.54 Å². The Kier molecular flexibility index (Phi) is 4.98. The molecule has 0 amide bonds. The highest BCUT2D eigenvalue weighted by Crippen LogP contribution is 2.21. The van der Waals surface area contributed by atoms with Gasteiger partial charge in [-0.15, -0.1) is 11.8 Å². The second-order valence-corrected chi connectivity index (χ2v) is 4.46. The molecule has 0 saturated carbocycles. The Bertz CT molecular complexity index is 287. The van der Waals surface area contributed by atoms with Gasteiger partial charge >= 0.3 is 0 Å². The molecule has 0 bridgehead atoms. The molecular weight excluding hydrogens is 192 g/mol. The summed E-state index contributed by atoms with van der Waals surface area (Å²) in [4.78, 5) is 4.40. The molecule has 0 unspecified atom stereocenters. The number of hydrogen-bond acceptors (Lipinski definition) is 3. The summed E-state index contributed by atoms with van der Waals surface area (Å²) in [5.41, 5.74) is 7.90. The molecule has 1 aromatic rings. The number of unbranched alkanes of at least 4 members (excludes halogenated alkanes) is 1. The SMILES string of the molecule is CCCCSc1ncc(CN)cc1C. The Balaban J connectivity index is 2.59. The van der Waals surface area contributed by atoms with Crippen molar-refractivity contribution in [1.82, 2.24) is 4.98 Å². The van der Waals surface area contributed by atoms with Crippen LogP contribution in [0.5, 0.6) is 0 Å². The maximum atomic E-state index is 5.54. The number of nitrogens with two attached hydrogens (primary N) is 1. The van der Waals surface area contributed by atoms with Crippen LogP contribution >= 0.6 is 11.8 Å². The second kappa shape index (κ2) is 6.04. The summed E-state index contributed by atoms with van der Waals surface area (Å²) < 4.78 is 0. The van der Waals surface area contributed by atoms with Gasteiger partial charge in [0.1, 0.15) is 0 Å². The number of aromatic nitrogens is 1. The summed E-state index contributed by atoms with van der Waals surface area (Å²) in [6.45, 7) is 4.88. The summed E-state index contributed by atoms with van der Waals surface area (Å²) in [6.07, 6.45) is 4.37. The zero-order chi connectivity index (χ0) is 10.4. The molecule has 2 N–H and O–H groups in total. The summed E-state index contributed by atoms with van der Waals surface area (Å²) in [6, 6.07) is 2.13. The van der Waals surface area contributed by atoms with E-state index >= 15 is 0 Å². The molecule has 78 valence electrons. The van der Waals surface area contributed by atoms with Crippen LogP contribution in [0.25, 0.3) is 0 Å². The lowest BCUT2D eigenvalue weighted by atomic mass is 10.2. The van der Waals surface area contributed by atoms with Crippen molar-refractivity contribution in [3.05, 3.63) is 23.4 Å². The van der Waals surface area contributed by atoms with Gasteiger partial charge in [0.2, 0.25) is 0 Å². The molecule has 0 aliphatic heterocycles. The maximum absolute atomic E-state index is 5.54. The van der Waals surface area contributed by atoms with Crippen molar-refractivity contribution < 1.29 is 0 Å². The van der Waals surface area contributed by atoms with E-state index < -0.39 is 0 Å². The third-order valence-corrected chi connectivity index (χ3v) is 3.25. The van der Waals surface area contributed by atoms with Gasteiger partial charge in [-0.1, -0.05) is 19.4 Å². The van der Waals surface area contributed by atoms with E-state index in [9.17, 15) is 0 Å². The molecule has 3 heteroatoms. The Morgan fingerprint density at radius 3 is 2.86 bits per heavy atom. The molecule has 0 saturated heterocycles. The van der Waals surface area contributed by atoms with E-state index in [2.05, 4.69) is 24.9 Å². The van der Waals surface area contributed by atoms with Crippen molar-refractivity contribution in [2.75, 3.05) is 5.75 Å². The molecule has 0 atom stereocenters. The summed E-state index contributed by atoms with van der Waals surface area (Å²) in [7, 11) is 0. The first-order valence-corrected chi connectivity index (χ1v) is 6.05. The summed E-state index contributed by atoms with van der Waals surface area (Å²) in [5.74, 6) is 1.16. The number of thioether (sulfide) groups is 1. The van der Waals surface area contributed by atoms with Gasteiger partial charge in [-0.2, -0.15) is 0 Å². The van der Waals surface area contributed by atoms with E-state index in [-0.39, 0.29) is 0 Å². The lowest BCUT2D eigenvalue weighted by Gasteiger charge is -2.05. The van der Waals surface area contributed by atoms with Crippen molar-refractivity contribution in [1.29, 1.82) is 0 Å². The topological polar surface area (TPSA) is 38.9 Å². The van der Waals surface area contributed by atoms with Crippen LogP contribution in [-0.2, 0) is 6.54 Å². The summed E-state index contributed by atoms with van der Waals surface area (Å²) in [5, 5.41) is 1.15. The first-order chi connectivity index (χ1) is 6.77. The smallest absolute Gasteiger partial charge is 0.0989 e.